The molecule has 32 heavy (non-hydrogen) atoms. The summed E-state index contributed by atoms with van der Waals surface area (Å²) in [5.74, 6) is 1.21. The summed E-state index contributed by atoms with van der Waals surface area (Å²) in [5, 5.41) is 3.48. The Morgan fingerprint density at radius 2 is 1.78 bits per heavy atom. The first-order valence-electron chi connectivity index (χ1n) is 10.2. The number of rotatable bonds is 7. The van der Waals surface area contributed by atoms with Gasteiger partial charge in [-0.3, -0.25) is 9.79 Å². The Morgan fingerprint density at radius 1 is 1.03 bits per heavy atom. The molecule has 0 saturated carbocycles. The fraction of sp³-hybridized carbons (Fsp3) is 0.200. The molecule has 0 saturated heterocycles. The molecule has 7 heteroatoms. The zero-order chi connectivity index (χ0) is 22.5. The molecule has 1 N–H and O–H groups in total. The van der Waals surface area contributed by atoms with Gasteiger partial charge in [0.1, 0.15) is 0 Å². The van der Waals surface area contributed by atoms with Crippen molar-refractivity contribution in [2.45, 2.75) is 23.1 Å². The van der Waals surface area contributed by atoms with Crippen molar-refractivity contribution < 1.29 is 14.3 Å². The van der Waals surface area contributed by atoms with E-state index in [-0.39, 0.29) is 17.6 Å². The van der Waals surface area contributed by atoms with Gasteiger partial charge in [-0.25, -0.2) is 0 Å². The fourth-order valence-electron chi connectivity index (χ4n) is 3.52. The molecule has 164 valence electrons. The van der Waals surface area contributed by atoms with Gasteiger partial charge < -0.3 is 14.8 Å². The Morgan fingerprint density at radius 3 is 2.56 bits per heavy atom. The van der Waals surface area contributed by atoms with Crippen LogP contribution in [0, 0.1) is 0 Å². The molecule has 0 aliphatic carbocycles. The zero-order valence-electron chi connectivity index (χ0n) is 17.8. The predicted octanol–water partition coefficient (Wildman–Crippen LogP) is 5.66. The van der Waals surface area contributed by atoms with Crippen molar-refractivity contribution in [3.63, 3.8) is 0 Å². The summed E-state index contributed by atoms with van der Waals surface area (Å²) >= 11 is 7.86. The maximum absolute atomic E-state index is 12.8. The van der Waals surface area contributed by atoms with Crippen molar-refractivity contribution in [2.75, 3.05) is 14.2 Å². The van der Waals surface area contributed by atoms with Crippen LogP contribution in [0.25, 0.3) is 0 Å². The van der Waals surface area contributed by atoms with E-state index < -0.39 is 0 Å². The van der Waals surface area contributed by atoms with Gasteiger partial charge >= 0.3 is 0 Å². The minimum absolute atomic E-state index is 0.0602. The molecule has 1 aliphatic heterocycles. The lowest BCUT2D eigenvalue weighted by Crippen LogP contribution is -2.31. The highest BCUT2D eigenvalue weighted by Crippen LogP contribution is 2.41. The first-order valence-corrected chi connectivity index (χ1v) is 11.4. The van der Waals surface area contributed by atoms with Crippen LogP contribution in [0.3, 0.4) is 0 Å². The SMILES string of the molecule is COc1ccc(C2=Nc3ccccc3S[C@@H]2CC(=O)NCc2ccccc2Cl)cc1OC. The van der Waals surface area contributed by atoms with Crippen LogP contribution in [0.4, 0.5) is 5.69 Å². The topological polar surface area (TPSA) is 59.9 Å². The van der Waals surface area contributed by atoms with E-state index in [2.05, 4.69) is 5.32 Å². The summed E-state index contributed by atoms with van der Waals surface area (Å²) in [5.41, 5.74) is 3.52. The zero-order valence-corrected chi connectivity index (χ0v) is 19.4. The van der Waals surface area contributed by atoms with Gasteiger partial charge in [0.25, 0.3) is 0 Å². The van der Waals surface area contributed by atoms with E-state index in [1.807, 2.05) is 66.7 Å². The second-order valence-corrected chi connectivity index (χ2v) is 8.87. The number of hydrogen-bond acceptors (Lipinski definition) is 5. The summed E-state index contributed by atoms with van der Waals surface area (Å²) in [6.07, 6.45) is 0.288. The van der Waals surface area contributed by atoms with Crippen LogP contribution in [0.15, 0.2) is 76.6 Å². The van der Waals surface area contributed by atoms with E-state index in [4.69, 9.17) is 26.1 Å². The second-order valence-electron chi connectivity index (χ2n) is 7.21. The average molecular weight is 467 g/mol. The van der Waals surface area contributed by atoms with Crippen molar-refractivity contribution in [3.8, 4) is 11.5 Å². The fourth-order valence-corrected chi connectivity index (χ4v) is 4.96. The third kappa shape index (κ3) is 4.92. The van der Waals surface area contributed by atoms with E-state index >= 15 is 0 Å². The highest BCUT2D eigenvalue weighted by Gasteiger charge is 2.28. The molecule has 1 heterocycles. The monoisotopic (exact) mass is 466 g/mol. The second kappa shape index (κ2) is 10.1. The predicted molar refractivity (Wildman–Crippen MR) is 130 cm³/mol. The number of benzene rings is 3. The highest BCUT2D eigenvalue weighted by molar-refractivity contribution is 8.01. The Labute approximate surface area is 196 Å². The maximum atomic E-state index is 12.8. The van der Waals surface area contributed by atoms with E-state index in [0.717, 1.165) is 27.4 Å². The summed E-state index contributed by atoms with van der Waals surface area (Å²) in [6, 6.07) is 21.2. The minimum Gasteiger partial charge on any atom is -0.493 e. The van der Waals surface area contributed by atoms with Crippen LogP contribution >= 0.6 is 23.4 Å². The third-order valence-electron chi connectivity index (χ3n) is 5.16. The molecular formula is C25H23ClN2O3S. The number of halogens is 1. The number of para-hydroxylation sites is 1. The molecule has 1 atom stereocenters. The standard InChI is InChI=1S/C25H23ClN2O3S/c1-30-20-12-11-16(13-21(20)31-2)25-23(32-22-10-6-5-9-19(22)28-25)14-24(29)27-15-17-7-3-4-8-18(17)26/h3-13,23H,14-15H2,1-2H3,(H,27,29)/t23-/m1/s1. The van der Waals surface area contributed by atoms with Crippen molar-refractivity contribution in [1.82, 2.24) is 5.32 Å². The van der Waals surface area contributed by atoms with E-state index in [0.29, 0.717) is 23.1 Å². The first kappa shape index (κ1) is 22.2. The van der Waals surface area contributed by atoms with Crippen molar-refractivity contribution >= 4 is 40.7 Å². The number of thioether (sulfide) groups is 1. The largest absolute Gasteiger partial charge is 0.493 e. The van der Waals surface area contributed by atoms with Gasteiger partial charge in [-0.15, -0.1) is 11.8 Å². The Balaban J connectivity index is 1.58. The third-order valence-corrected chi connectivity index (χ3v) is 6.81. The number of methoxy groups -OCH3 is 2. The number of carbonyl (C=O) groups excluding carboxylic acids is 1. The quantitative estimate of drug-likeness (QED) is 0.488. The number of carbonyl (C=O) groups is 1. The number of fused-ring (bicyclic) bond motifs is 1. The molecule has 0 radical (unpaired) electrons. The van der Waals surface area contributed by atoms with E-state index in [1.165, 1.54) is 0 Å². The summed E-state index contributed by atoms with van der Waals surface area (Å²) in [4.78, 5) is 18.8. The van der Waals surface area contributed by atoms with Crippen LogP contribution in [-0.4, -0.2) is 31.1 Å². The number of nitrogens with one attached hydrogen (secondary N) is 1. The molecule has 0 bridgehead atoms. The van der Waals surface area contributed by atoms with Gasteiger partial charge in [-0.1, -0.05) is 41.9 Å². The highest BCUT2D eigenvalue weighted by atomic mass is 35.5. The molecule has 0 fully saturated rings. The van der Waals surface area contributed by atoms with E-state index in [9.17, 15) is 4.79 Å². The molecule has 0 spiro atoms. The van der Waals surface area contributed by atoms with Gasteiger partial charge in [0.15, 0.2) is 11.5 Å². The Hall–Kier alpha value is -2.96. The van der Waals surface area contributed by atoms with Gasteiger partial charge in [0.2, 0.25) is 5.91 Å². The number of hydrogen-bond donors (Lipinski definition) is 1. The normalized spacial score (nSPS) is 14.8. The number of amides is 1. The average Bonchev–Trinajstić information content (AvgIpc) is 2.82. The Bertz CT molecular complexity index is 1170. The molecule has 5 nitrogen and oxygen atoms in total. The summed E-state index contributed by atoms with van der Waals surface area (Å²) in [7, 11) is 3.21. The summed E-state index contributed by atoms with van der Waals surface area (Å²) < 4.78 is 10.8. The smallest absolute Gasteiger partial charge is 0.221 e. The lowest BCUT2D eigenvalue weighted by molar-refractivity contribution is -0.121. The van der Waals surface area contributed by atoms with Gasteiger partial charge in [0.05, 0.1) is 30.9 Å². The van der Waals surface area contributed by atoms with Crippen LogP contribution < -0.4 is 14.8 Å². The van der Waals surface area contributed by atoms with Crippen LogP contribution in [0.2, 0.25) is 5.02 Å². The number of ether oxygens (including phenoxy) is 2. The van der Waals surface area contributed by atoms with Gasteiger partial charge in [-0.2, -0.15) is 0 Å². The summed E-state index contributed by atoms with van der Waals surface area (Å²) in [6.45, 7) is 0.384. The molecule has 4 rings (SSSR count). The molecular weight excluding hydrogens is 444 g/mol. The number of aliphatic imine (C=N–C) groups is 1. The molecule has 0 aromatic heterocycles. The van der Waals surface area contributed by atoms with Gasteiger partial charge in [0, 0.05) is 28.4 Å². The molecule has 3 aromatic rings. The molecule has 1 aliphatic rings. The first-order chi connectivity index (χ1) is 15.6. The van der Waals surface area contributed by atoms with Crippen molar-refractivity contribution in [1.29, 1.82) is 0 Å². The van der Waals surface area contributed by atoms with Gasteiger partial charge in [-0.05, 0) is 42.0 Å². The molecule has 3 aromatic carbocycles. The van der Waals surface area contributed by atoms with Crippen LogP contribution in [0.5, 0.6) is 11.5 Å². The van der Waals surface area contributed by atoms with Crippen molar-refractivity contribution in [2.24, 2.45) is 4.99 Å². The lowest BCUT2D eigenvalue weighted by Gasteiger charge is -2.25. The lowest BCUT2D eigenvalue weighted by atomic mass is 10.0. The minimum atomic E-state index is -0.144. The molecule has 1 amide bonds. The maximum Gasteiger partial charge on any atom is 0.221 e. The number of nitrogens with zero attached hydrogens (tertiary/aromatic N) is 1. The van der Waals surface area contributed by atoms with Crippen LogP contribution in [-0.2, 0) is 11.3 Å². The van der Waals surface area contributed by atoms with E-state index in [1.54, 1.807) is 26.0 Å². The Kier molecular flexibility index (Phi) is 7.02. The van der Waals surface area contributed by atoms with Crippen LogP contribution in [0.1, 0.15) is 17.5 Å². The van der Waals surface area contributed by atoms with Crippen molar-refractivity contribution in [3.05, 3.63) is 82.9 Å². The molecule has 0 unspecified atom stereocenters.